The Labute approximate surface area is 106 Å². The Hall–Kier alpha value is -1.62. The van der Waals surface area contributed by atoms with Crippen molar-refractivity contribution in [1.82, 2.24) is 10.3 Å². The summed E-state index contributed by atoms with van der Waals surface area (Å²) >= 11 is 0. The third-order valence-electron chi connectivity index (χ3n) is 3.36. The molecule has 0 aromatic carbocycles. The van der Waals surface area contributed by atoms with Gasteiger partial charge < -0.3 is 15.2 Å². The smallest absolute Gasteiger partial charge is 0.255 e. The summed E-state index contributed by atoms with van der Waals surface area (Å²) in [5.74, 6) is 0.197. The largest absolute Gasteiger partial charge is 0.494 e. The molecule has 0 saturated heterocycles. The zero-order chi connectivity index (χ0) is 13.0. The van der Waals surface area contributed by atoms with Crippen molar-refractivity contribution >= 4 is 5.91 Å². The van der Waals surface area contributed by atoms with Crippen LogP contribution < -0.4 is 10.1 Å². The van der Waals surface area contributed by atoms with Gasteiger partial charge in [0, 0.05) is 12.7 Å². The lowest BCUT2D eigenvalue weighted by atomic mass is 10.0. The number of hydrogen-bond donors (Lipinski definition) is 2. The molecule has 1 saturated carbocycles. The molecule has 1 aromatic heterocycles. The van der Waals surface area contributed by atoms with Crippen LogP contribution >= 0.6 is 0 Å². The van der Waals surface area contributed by atoms with Gasteiger partial charge in [-0.05, 0) is 18.9 Å². The highest BCUT2D eigenvalue weighted by Gasteiger charge is 2.31. The summed E-state index contributed by atoms with van der Waals surface area (Å²) in [5, 5.41) is 12.9. The molecule has 5 heteroatoms. The average molecular weight is 250 g/mol. The van der Waals surface area contributed by atoms with Gasteiger partial charge >= 0.3 is 0 Å². The van der Waals surface area contributed by atoms with Gasteiger partial charge in [-0.1, -0.05) is 12.8 Å². The summed E-state index contributed by atoms with van der Waals surface area (Å²) in [6.45, 7) is 0.289. The van der Waals surface area contributed by atoms with Crippen LogP contribution in [-0.4, -0.2) is 35.3 Å². The van der Waals surface area contributed by atoms with E-state index in [4.69, 9.17) is 4.74 Å². The molecule has 18 heavy (non-hydrogen) atoms. The van der Waals surface area contributed by atoms with Gasteiger partial charge in [0.1, 0.15) is 5.75 Å². The molecule has 1 heterocycles. The first-order valence-corrected chi connectivity index (χ1v) is 6.13. The summed E-state index contributed by atoms with van der Waals surface area (Å²) in [5.41, 5.74) is -0.301. The number of carbonyl (C=O) groups is 1. The Balaban J connectivity index is 1.99. The van der Waals surface area contributed by atoms with Gasteiger partial charge in [0.25, 0.3) is 5.91 Å². The van der Waals surface area contributed by atoms with E-state index in [1.54, 1.807) is 12.3 Å². The van der Waals surface area contributed by atoms with Crippen LogP contribution in [0.3, 0.4) is 0 Å². The van der Waals surface area contributed by atoms with Crippen LogP contribution in [0.1, 0.15) is 36.0 Å². The fraction of sp³-hybridized carbons (Fsp3) is 0.538. The minimum Gasteiger partial charge on any atom is -0.494 e. The Morgan fingerprint density at radius 3 is 2.94 bits per heavy atom. The van der Waals surface area contributed by atoms with E-state index in [0.29, 0.717) is 11.3 Å². The maximum atomic E-state index is 12.0. The van der Waals surface area contributed by atoms with Crippen molar-refractivity contribution < 1.29 is 14.6 Å². The van der Waals surface area contributed by atoms with Gasteiger partial charge in [0.2, 0.25) is 0 Å². The number of rotatable bonds is 4. The lowest BCUT2D eigenvalue weighted by Gasteiger charge is -2.22. The molecule has 1 aromatic rings. The van der Waals surface area contributed by atoms with Crippen LogP contribution in [0.4, 0.5) is 0 Å². The molecular weight excluding hydrogens is 232 g/mol. The van der Waals surface area contributed by atoms with Crippen molar-refractivity contribution in [2.24, 2.45) is 0 Å². The van der Waals surface area contributed by atoms with E-state index < -0.39 is 5.60 Å². The van der Waals surface area contributed by atoms with Crippen molar-refractivity contribution in [2.45, 2.75) is 31.3 Å². The monoisotopic (exact) mass is 250 g/mol. The van der Waals surface area contributed by atoms with Crippen molar-refractivity contribution in [3.05, 3.63) is 24.0 Å². The minimum absolute atomic E-state index is 0.241. The molecule has 0 atom stereocenters. The second kappa shape index (κ2) is 5.35. The highest BCUT2D eigenvalue weighted by atomic mass is 16.5. The number of ether oxygens (including phenoxy) is 1. The molecule has 5 nitrogen and oxygen atoms in total. The lowest BCUT2D eigenvalue weighted by molar-refractivity contribution is 0.0449. The van der Waals surface area contributed by atoms with E-state index in [1.807, 2.05) is 0 Å². The average Bonchev–Trinajstić information content (AvgIpc) is 2.83. The van der Waals surface area contributed by atoms with E-state index in [-0.39, 0.29) is 12.5 Å². The van der Waals surface area contributed by atoms with Gasteiger partial charge in [0.15, 0.2) is 0 Å². The van der Waals surface area contributed by atoms with Crippen molar-refractivity contribution in [3.8, 4) is 5.75 Å². The summed E-state index contributed by atoms with van der Waals surface area (Å²) in [4.78, 5) is 15.9. The van der Waals surface area contributed by atoms with Crippen LogP contribution in [0, 0.1) is 0 Å². The van der Waals surface area contributed by atoms with Crippen molar-refractivity contribution in [2.75, 3.05) is 13.7 Å². The third-order valence-corrected chi connectivity index (χ3v) is 3.36. The molecule has 1 fully saturated rings. The standard InChI is InChI=1S/C13H18N2O3/c1-18-11-8-14-7-4-10(11)12(16)15-9-13(17)5-2-3-6-13/h4,7-8,17H,2-3,5-6,9H2,1H3,(H,15,16). The molecule has 2 rings (SSSR count). The van der Waals surface area contributed by atoms with Gasteiger partial charge in [-0.3, -0.25) is 9.78 Å². The van der Waals surface area contributed by atoms with Crippen LogP contribution in [0.2, 0.25) is 0 Å². The molecule has 2 N–H and O–H groups in total. The lowest BCUT2D eigenvalue weighted by Crippen LogP contribution is -2.40. The predicted octanol–water partition coefficient (Wildman–Crippen LogP) is 1.13. The molecule has 0 spiro atoms. The zero-order valence-corrected chi connectivity index (χ0v) is 10.5. The molecule has 1 aliphatic rings. The summed E-state index contributed by atoms with van der Waals surface area (Å²) in [7, 11) is 1.50. The van der Waals surface area contributed by atoms with Gasteiger partial charge in [-0.15, -0.1) is 0 Å². The zero-order valence-electron chi connectivity index (χ0n) is 10.5. The van der Waals surface area contributed by atoms with Gasteiger partial charge in [-0.2, -0.15) is 0 Å². The second-order valence-electron chi connectivity index (χ2n) is 4.69. The highest BCUT2D eigenvalue weighted by Crippen LogP contribution is 2.28. The SMILES string of the molecule is COc1cnccc1C(=O)NCC1(O)CCCC1. The Morgan fingerprint density at radius 1 is 1.56 bits per heavy atom. The predicted molar refractivity (Wildman–Crippen MR) is 66.5 cm³/mol. The Kier molecular flexibility index (Phi) is 3.81. The van der Waals surface area contributed by atoms with Crippen LogP contribution in [0.25, 0.3) is 0 Å². The van der Waals surface area contributed by atoms with E-state index in [0.717, 1.165) is 25.7 Å². The molecule has 98 valence electrons. The molecule has 1 aliphatic carbocycles. The van der Waals surface area contributed by atoms with E-state index >= 15 is 0 Å². The summed E-state index contributed by atoms with van der Waals surface area (Å²) < 4.78 is 5.08. The fourth-order valence-corrected chi connectivity index (χ4v) is 2.28. The molecule has 0 unspecified atom stereocenters. The normalized spacial score (nSPS) is 17.4. The number of carbonyl (C=O) groups excluding carboxylic acids is 1. The quantitative estimate of drug-likeness (QED) is 0.840. The molecule has 0 bridgehead atoms. The van der Waals surface area contributed by atoms with E-state index in [1.165, 1.54) is 13.3 Å². The number of nitrogens with zero attached hydrogens (tertiary/aromatic N) is 1. The number of amides is 1. The van der Waals surface area contributed by atoms with Crippen LogP contribution in [-0.2, 0) is 0 Å². The Bertz CT molecular complexity index is 428. The highest BCUT2D eigenvalue weighted by molar-refractivity contribution is 5.96. The topological polar surface area (TPSA) is 71.5 Å². The number of methoxy groups -OCH3 is 1. The number of hydrogen-bond acceptors (Lipinski definition) is 4. The number of nitrogens with one attached hydrogen (secondary N) is 1. The number of pyridine rings is 1. The molecule has 0 radical (unpaired) electrons. The van der Waals surface area contributed by atoms with E-state index in [2.05, 4.69) is 10.3 Å². The Morgan fingerprint density at radius 2 is 2.28 bits per heavy atom. The summed E-state index contributed by atoms with van der Waals surface area (Å²) in [6, 6.07) is 1.60. The van der Waals surface area contributed by atoms with Crippen LogP contribution in [0.15, 0.2) is 18.5 Å². The first-order valence-electron chi connectivity index (χ1n) is 6.13. The van der Waals surface area contributed by atoms with Crippen molar-refractivity contribution in [3.63, 3.8) is 0 Å². The van der Waals surface area contributed by atoms with E-state index in [9.17, 15) is 9.90 Å². The number of aliphatic hydroxyl groups is 1. The van der Waals surface area contributed by atoms with Gasteiger partial charge in [-0.25, -0.2) is 0 Å². The fourth-order valence-electron chi connectivity index (χ4n) is 2.28. The maximum absolute atomic E-state index is 12.0. The minimum atomic E-state index is -0.740. The third kappa shape index (κ3) is 2.79. The summed E-state index contributed by atoms with van der Waals surface area (Å²) in [6.07, 6.45) is 6.58. The second-order valence-corrected chi connectivity index (χ2v) is 4.69. The number of aromatic nitrogens is 1. The van der Waals surface area contributed by atoms with Gasteiger partial charge in [0.05, 0.1) is 24.5 Å². The molecule has 1 amide bonds. The molecular formula is C13H18N2O3. The maximum Gasteiger partial charge on any atom is 0.255 e. The first-order chi connectivity index (χ1) is 8.64. The first kappa shape index (κ1) is 12.8. The van der Waals surface area contributed by atoms with Crippen molar-refractivity contribution in [1.29, 1.82) is 0 Å². The van der Waals surface area contributed by atoms with Crippen LogP contribution in [0.5, 0.6) is 5.75 Å². The molecule has 0 aliphatic heterocycles.